The number of pyridine rings is 1. The molecule has 0 fully saturated rings. The maximum absolute atomic E-state index is 13.1. The summed E-state index contributed by atoms with van der Waals surface area (Å²) in [7, 11) is 0. The summed E-state index contributed by atoms with van der Waals surface area (Å²) >= 11 is 0. The van der Waals surface area contributed by atoms with Crippen LogP contribution in [-0.2, 0) is 17.9 Å². The van der Waals surface area contributed by atoms with E-state index in [2.05, 4.69) is 15.3 Å². The summed E-state index contributed by atoms with van der Waals surface area (Å²) < 4.78 is 3.50. The van der Waals surface area contributed by atoms with Gasteiger partial charge >= 0.3 is 0 Å². The second-order valence-electron chi connectivity index (χ2n) is 7.21. The maximum Gasteiger partial charge on any atom is 0.263 e. The smallest absolute Gasteiger partial charge is 0.263 e. The van der Waals surface area contributed by atoms with Crippen LogP contribution >= 0.6 is 0 Å². The Balaban J connectivity index is 1.55. The number of aromatic nitrogens is 4. The van der Waals surface area contributed by atoms with Crippen molar-refractivity contribution in [3.63, 3.8) is 0 Å². The van der Waals surface area contributed by atoms with Crippen molar-refractivity contribution in [2.24, 2.45) is 0 Å². The fourth-order valence-corrected chi connectivity index (χ4v) is 3.55. The van der Waals surface area contributed by atoms with Gasteiger partial charge in [-0.2, -0.15) is 0 Å². The highest BCUT2D eigenvalue weighted by atomic mass is 16.1. The third-order valence-electron chi connectivity index (χ3n) is 5.29. The number of nitrogens with one attached hydrogen (secondary N) is 1. The van der Waals surface area contributed by atoms with E-state index in [-0.39, 0.29) is 24.4 Å². The van der Waals surface area contributed by atoms with Crippen LogP contribution in [0.15, 0.2) is 66.0 Å². The average Bonchev–Trinajstić information content (AvgIpc) is 3.04. The number of hydrogen-bond acceptors (Lipinski definition) is 4. The molecule has 30 heavy (non-hydrogen) atoms. The lowest BCUT2D eigenvalue weighted by atomic mass is 10.2. The number of fused-ring (bicyclic) bond motifs is 1. The molecule has 1 N–H and O–H groups in total. The third kappa shape index (κ3) is 3.74. The van der Waals surface area contributed by atoms with Crippen LogP contribution in [0.25, 0.3) is 16.7 Å². The Labute approximate surface area is 174 Å². The first-order valence-electron chi connectivity index (χ1n) is 9.84. The van der Waals surface area contributed by atoms with Gasteiger partial charge in [-0.1, -0.05) is 24.3 Å². The van der Waals surface area contributed by atoms with E-state index in [0.717, 1.165) is 22.5 Å². The van der Waals surface area contributed by atoms with E-state index in [9.17, 15) is 9.59 Å². The molecule has 0 unspecified atom stereocenters. The summed E-state index contributed by atoms with van der Waals surface area (Å²) in [6.07, 6.45) is 5.13. The lowest BCUT2D eigenvalue weighted by molar-refractivity contribution is -0.121. The van der Waals surface area contributed by atoms with E-state index in [1.165, 1.54) is 10.9 Å². The minimum absolute atomic E-state index is 0.124. The van der Waals surface area contributed by atoms with Crippen molar-refractivity contribution in [1.29, 1.82) is 0 Å². The lowest BCUT2D eigenvalue weighted by Crippen LogP contribution is -2.27. The van der Waals surface area contributed by atoms with Crippen molar-refractivity contribution in [3.05, 3.63) is 88.4 Å². The molecule has 0 aliphatic heterocycles. The molecule has 7 nitrogen and oxygen atoms in total. The Morgan fingerprint density at radius 3 is 2.63 bits per heavy atom. The third-order valence-corrected chi connectivity index (χ3v) is 5.29. The van der Waals surface area contributed by atoms with Gasteiger partial charge in [-0.25, -0.2) is 4.98 Å². The van der Waals surface area contributed by atoms with Crippen LogP contribution < -0.4 is 10.9 Å². The molecule has 152 valence electrons. The van der Waals surface area contributed by atoms with Crippen LogP contribution in [0.5, 0.6) is 0 Å². The Bertz CT molecular complexity index is 1240. The number of carbonyl (C=O) groups excluding carboxylic acids is 1. The minimum atomic E-state index is -0.129. The number of aryl methyl sites for hydroxylation is 2. The van der Waals surface area contributed by atoms with Gasteiger partial charge in [-0.3, -0.25) is 23.7 Å². The number of benzene rings is 1. The van der Waals surface area contributed by atoms with Gasteiger partial charge in [0.05, 0.1) is 11.7 Å². The first-order valence-corrected chi connectivity index (χ1v) is 9.84. The fourth-order valence-electron chi connectivity index (χ4n) is 3.55. The SMILES string of the molecule is Cc1c(C)n(-c2ccccc2)c2ncn(CCC(=O)NCc3cccnc3)c(=O)c12. The Morgan fingerprint density at radius 2 is 1.90 bits per heavy atom. The molecule has 1 amide bonds. The topological polar surface area (TPSA) is 81.8 Å². The van der Waals surface area contributed by atoms with Crippen molar-refractivity contribution in [3.8, 4) is 5.69 Å². The summed E-state index contributed by atoms with van der Waals surface area (Å²) in [6, 6.07) is 13.6. The Hall–Kier alpha value is -3.74. The maximum atomic E-state index is 13.1. The highest BCUT2D eigenvalue weighted by molar-refractivity contribution is 5.83. The molecule has 7 heteroatoms. The molecule has 3 heterocycles. The van der Waals surface area contributed by atoms with Crippen LogP contribution in [0.4, 0.5) is 0 Å². The minimum Gasteiger partial charge on any atom is -0.352 e. The Kier molecular flexibility index (Phi) is 5.43. The van der Waals surface area contributed by atoms with Gasteiger partial charge in [-0.05, 0) is 43.2 Å². The van der Waals surface area contributed by atoms with Crippen LogP contribution in [0.1, 0.15) is 23.2 Å². The van der Waals surface area contributed by atoms with Crippen LogP contribution in [0, 0.1) is 13.8 Å². The predicted octanol–water partition coefficient (Wildman–Crippen LogP) is 2.91. The molecule has 1 aromatic carbocycles. The van der Waals surface area contributed by atoms with Crippen molar-refractivity contribution in [2.45, 2.75) is 33.4 Å². The summed E-state index contributed by atoms with van der Waals surface area (Å²) in [5.74, 6) is -0.124. The highest BCUT2D eigenvalue weighted by Gasteiger charge is 2.18. The van der Waals surface area contributed by atoms with Gasteiger partial charge in [0.1, 0.15) is 0 Å². The molecule has 0 aliphatic carbocycles. The van der Waals surface area contributed by atoms with E-state index in [0.29, 0.717) is 17.6 Å². The van der Waals surface area contributed by atoms with Crippen molar-refractivity contribution in [2.75, 3.05) is 0 Å². The van der Waals surface area contributed by atoms with Crippen LogP contribution in [0.3, 0.4) is 0 Å². The van der Waals surface area contributed by atoms with E-state index in [1.54, 1.807) is 12.4 Å². The molecule has 0 spiro atoms. The van der Waals surface area contributed by atoms with Crippen LogP contribution in [-0.4, -0.2) is 25.0 Å². The normalized spacial score (nSPS) is 11.0. The number of amides is 1. The largest absolute Gasteiger partial charge is 0.352 e. The number of para-hydroxylation sites is 1. The molecular weight excluding hydrogens is 378 g/mol. The summed E-state index contributed by atoms with van der Waals surface area (Å²) in [4.78, 5) is 33.9. The first-order chi connectivity index (χ1) is 14.6. The zero-order valence-electron chi connectivity index (χ0n) is 17.0. The number of carbonyl (C=O) groups is 1. The van der Waals surface area contributed by atoms with Crippen molar-refractivity contribution in [1.82, 2.24) is 24.4 Å². The van der Waals surface area contributed by atoms with Crippen LogP contribution in [0.2, 0.25) is 0 Å². The van der Waals surface area contributed by atoms with Gasteiger partial charge in [0, 0.05) is 43.3 Å². The molecule has 0 aliphatic rings. The number of hydrogen-bond donors (Lipinski definition) is 1. The molecule has 0 atom stereocenters. The molecular formula is C23H23N5O2. The monoisotopic (exact) mass is 401 g/mol. The molecule has 4 rings (SSSR count). The van der Waals surface area contributed by atoms with Gasteiger partial charge < -0.3 is 5.32 Å². The number of nitrogens with zero attached hydrogens (tertiary/aromatic N) is 4. The quantitative estimate of drug-likeness (QED) is 0.539. The van der Waals surface area contributed by atoms with E-state index >= 15 is 0 Å². The molecule has 0 saturated carbocycles. The summed E-state index contributed by atoms with van der Waals surface area (Å²) in [5, 5.41) is 3.45. The van der Waals surface area contributed by atoms with Crippen molar-refractivity contribution < 1.29 is 4.79 Å². The fraction of sp³-hybridized carbons (Fsp3) is 0.217. The first kappa shape index (κ1) is 19.6. The van der Waals surface area contributed by atoms with Gasteiger partial charge in [0.25, 0.3) is 5.56 Å². The van der Waals surface area contributed by atoms with E-state index < -0.39 is 0 Å². The zero-order valence-corrected chi connectivity index (χ0v) is 17.0. The highest BCUT2D eigenvalue weighted by Crippen LogP contribution is 2.24. The van der Waals surface area contributed by atoms with Gasteiger partial charge in [-0.15, -0.1) is 0 Å². The molecule has 3 aromatic heterocycles. The summed E-state index contributed by atoms with van der Waals surface area (Å²) in [6.45, 7) is 4.61. The van der Waals surface area contributed by atoms with Crippen molar-refractivity contribution >= 4 is 16.9 Å². The zero-order chi connectivity index (χ0) is 21.1. The molecule has 0 saturated heterocycles. The van der Waals surface area contributed by atoms with E-state index in [4.69, 9.17) is 0 Å². The van der Waals surface area contributed by atoms with Gasteiger partial charge in [0.2, 0.25) is 5.91 Å². The van der Waals surface area contributed by atoms with Gasteiger partial charge in [0.15, 0.2) is 5.65 Å². The standard InChI is InChI=1S/C23H23N5O2/c1-16-17(2)28(19-8-4-3-5-9-19)22-21(16)23(30)27(15-26-22)12-10-20(29)25-14-18-7-6-11-24-13-18/h3-9,11,13,15H,10,12,14H2,1-2H3,(H,25,29). The number of rotatable bonds is 6. The average molecular weight is 401 g/mol. The lowest BCUT2D eigenvalue weighted by Gasteiger charge is -2.09. The second-order valence-corrected chi connectivity index (χ2v) is 7.21. The molecule has 0 bridgehead atoms. The Morgan fingerprint density at radius 1 is 1.10 bits per heavy atom. The second kappa shape index (κ2) is 8.32. The predicted molar refractivity (Wildman–Crippen MR) is 116 cm³/mol. The molecule has 4 aromatic rings. The van der Waals surface area contributed by atoms with E-state index in [1.807, 2.05) is 60.9 Å². The molecule has 0 radical (unpaired) electrons. The summed E-state index contributed by atoms with van der Waals surface area (Å²) in [5.41, 5.74) is 4.29.